The van der Waals surface area contributed by atoms with Crippen LogP contribution in [0.15, 0.2) is 0 Å². The van der Waals surface area contributed by atoms with E-state index in [9.17, 15) is 14.4 Å². The summed E-state index contributed by atoms with van der Waals surface area (Å²) in [5.74, 6) is 0. The zero-order valence-electron chi connectivity index (χ0n) is 15.0. The van der Waals surface area contributed by atoms with Gasteiger partial charge in [-0.1, -0.05) is 0 Å². The van der Waals surface area contributed by atoms with Crippen LogP contribution in [0.5, 0.6) is 0 Å². The Hall–Kier alpha value is -1.79. The van der Waals surface area contributed by atoms with Crippen LogP contribution in [0.3, 0.4) is 0 Å². The number of carbonyl (C=O) groups is 3. The molecule has 7 heteroatoms. The van der Waals surface area contributed by atoms with Crippen molar-refractivity contribution in [1.29, 1.82) is 0 Å². The van der Waals surface area contributed by atoms with Gasteiger partial charge in [0.05, 0.1) is 0 Å². The molecular weight excluding hydrogens is 300 g/mol. The Labute approximate surface area is 138 Å². The van der Waals surface area contributed by atoms with Crippen molar-refractivity contribution in [2.24, 2.45) is 0 Å². The highest BCUT2D eigenvalue weighted by Gasteiger charge is 2.19. The lowest BCUT2D eigenvalue weighted by Gasteiger charge is -2.23. The maximum absolute atomic E-state index is 11.7. The van der Waals surface area contributed by atoms with Gasteiger partial charge in [0, 0.05) is 19.0 Å². The van der Waals surface area contributed by atoms with Gasteiger partial charge in [0.15, 0.2) is 0 Å². The molecule has 0 aromatic carbocycles. The molecule has 0 spiro atoms. The minimum Gasteiger partial charge on any atom is -0.444 e. The van der Waals surface area contributed by atoms with Gasteiger partial charge in [-0.3, -0.25) is 0 Å². The van der Waals surface area contributed by atoms with Gasteiger partial charge in [0.2, 0.25) is 0 Å². The third-order valence-corrected chi connectivity index (χ3v) is 2.50. The maximum atomic E-state index is 11.7. The van der Waals surface area contributed by atoms with Gasteiger partial charge in [0.25, 0.3) is 0 Å². The number of amides is 2. The van der Waals surface area contributed by atoms with Gasteiger partial charge in [-0.15, -0.1) is 0 Å². The molecule has 0 rings (SSSR count). The Kier molecular flexibility index (Phi) is 8.64. The number of carbonyl (C=O) groups excluding carboxylic acids is 3. The van der Waals surface area contributed by atoms with E-state index in [4.69, 9.17) is 9.47 Å². The Balaban J connectivity index is 4.12. The smallest absolute Gasteiger partial charge is 0.407 e. The van der Waals surface area contributed by atoms with Crippen LogP contribution >= 0.6 is 0 Å². The number of rotatable bonds is 7. The molecule has 2 N–H and O–H groups in total. The number of ether oxygens (including phenoxy) is 2. The van der Waals surface area contributed by atoms with E-state index in [0.29, 0.717) is 19.4 Å². The van der Waals surface area contributed by atoms with Gasteiger partial charge in [0.1, 0.15) is 17.5 Å². The second-order valence-electron chi connectivity index (χ2n) is 7.32. The van der Waals surface area contributed by atoms with E-state index in [-0.39, 0.29) is 12.5 Å². The molecule has 0 fully saturated rings. The summed E-state index contributed by atoms with van der Waals surface area (Å²) >= 11 is 0. The van der Waals surface area contributed by atoms with Crippen LogP contribution in [0.2, 0.25) is 0 Å². The lowest BCUT2D eigenvalue weighted by Crippen LogP contribution is -2.40. The topological polar surface area (TPSA) is 93.7 Å². The van der Waals surface area contributed by atoms with Crippen molar-refractivity contribution >= 4 is 18.5 Å². The summed E-state index contributed by atoms with van der Waals surface area (Å²) in [5.41, 5.74) is -1.13. The van der Waals surface area contributed by atoms with Crippen molar-refractivity contribution in [3.8, 4) is 0 Å². The first-order valence-electron chi connectivity index (χ1n) is 7.83. The largest absolute Gasteiger partial charge is 0.444 e. The van der Waals surface area contributed by atoms with Crippen molar-refractivity contribution in [3.05, 3.63) is 0 Å². The molecule has 0 aromatic rings. The predicted octanol–water partition coefficient (Wildman–Crippen LogP) is 2.77. The summed E-state index contributed by atoms with van der Waals surface area (Å²) < 4.78 is 10.3. The average molecular weight is 330 g/mol. The van der Waals surface area contributed by atoms with Gasteiger partial charge < -0.3 is 24.9 Å². The van der Waals surface area contributed by atoms with E-state index in [1.165, 1.54) is 0 Å². The van der Waals surface area contributed by atoms with Crippen molar-refractivity contribution < 1.29 is 23.9 Å². The lowest BCUT2D eigenvalue weighted by molar-refractivity contribution is -0.108. The molecule has 1 atom stereocenters. The molecule has 0 bridgehead atoms. The zero-order chi connectivity index (χ0) is 18.1. The first-order chi connectivity index (χ1) is 10.4. The Morgan fingerprint density at radius 3 is 2.00 bits per heavy atom. The molecule has 0 unspecified atom stereocenters. The van der Waals surface area contributed by atoms with Gasteiger partial charge in [-0.05, 0) is 54.4 Å². The molecule has 0 aromatic heterocycles. The Morgan fingerprint density at radius 2 is 1.52 bits per heavy atom. The monoisotopic (exact) mass is 330 g/mol. The molecule has 0 heterocycles. The molecule has 0 aliphatic heterocycles. The minimum atomic E-state index is -0.589. The highest BCUT2D eigenvalue weighted by atomic mass is 16.6. The Morgan fingerprint density at radius 1 is 1.00 bits per heavy atom. The van der Waals surface area contributed by atoms with Crippen LogP contribution in [-0.2, 0) is 14.3 Å². The average Bonchev–Trinajstić information content (AvgIpc) is 2.30. The quantitative estimate of drug-likeness (QED) is 0.553. The molecule has 0 radical (unpaired) electrons. The van der Waals surface area contributed by atoms with E-state index >= 15 is 0 Å². The van der Waals surface area contributed by atoms with Crippen LogP contribution in [0.1, 0.15) is 60.8 Å². The van der Waals surface area contributed by atoms with E-state index in [1.54, 1.807) is 41.5 Å². The number of aldehydes is 1. The van der Waals surface area contributed by atoms with Crippen molar-refractivity contribution in [1.82, 2.24) is 10.6 Å². The fraction of sp³-hybridized carbons (Fsp3) is 0.812. The second-order valence-corrected chi connectivity index (χ2v) is 7.32. The molecule has 134 valence electrons. The molecule has 2 amide bonds. The summed E-state index contributed by atoms with van der Waals surface area (Å²) in [5, 5.41) is 5.30. The molecule has 0 aliphatic carbocycles. The van der Waals surface area contributed by atoms with Gasteiger partial charge >= 0.3 is 12.2 Å². The maximum Gasteiger partial charge on any atom is 0.407 e. The predicted molar refractivity (Wildman–Crippen MR) is 87.3 cm³/mol. The van der Waals surface area contributed by atoms with E-state index < -0.39 is 23.4 Å². The normalized spacial score (nSPS) is 13.0. The SMILES string of the molecule is CC(C)(C)OC(=O)NCCC[C@H](CC=O)NC(=O)OC(C)(C)C. The number of nitrogens with one attached hydrogen (secondary N) is 2. The molecule has 0 aliphatic rings. The minimum absolute atomic E-state index is 0.200. The van der Waals surface area contributed by atoms with E-state index in [2.05, 4.69) is 10.6 Å². The second kappa shape index (κ2) is 9.37. The highest BCUT2D eigenvalue weighted by Crippen LogP contribution is 2.09. The number of hydrogen-bond donors (Lipinski definition) is 2. The van der Waals surface area contributed by atoms with Crippen LogP contribution < -0.4 is 10.6 Å². The summed E-state index contributed by atoms with van der Waals surface area (Å²) in [4.78, 5) is 33.9. The first kappa shape index (κ1) is 21.2. The highest BCUT2D eigenvalue weighted by molar-refractivity contribution is 5.69. The molecule has 0 saturated carbocycles. The van der Waals surface area contributed by atoms with Crippen molar-refractivity contribution in [3.63, 3.8) is 0 Å². The third-order valence-electron chi connectivity index (χ3n) is 2.50. The fourth-order valence-corrected chi connectivity index (χ4v) is 1.69. The zero-order valence-corrected chi connectivity index (χ0v) is 15.0. The van der Waals surface area contributed by atoms with Crippen molar-refractivity contribution in [2.75, 3.05) is 6.54 Å². The molecule has 23 heavy (non-hydrogen) atoms. The van der Waals surface area contributed by atoms with Gasteiger partial charge in [-0.2, -0.15) is 0 Å². The number of alkyl carbamates (subject to hydrolysis) is 2. The van der Waals surface area contributed by atoms with Gasteiger partial charge in [-0.25, -0.2) is 9.59 Å². The lowest BCUT2D eigenvalue weighted by atomic mass is 10.1. The fourth-order valence-electron chi connectivity index (χ4n) is 1.69. The molecule has 7 nitrogen and oxygen atoms in total. The summed E-state index contributed by atoms with van der Waals surface area (Å²) in [6.45, 7) is 11.1. The first-order valence-corrected chi connectivity index (χ1v) is 7.83. The van der Waals surface area contributed by atoms with Crippen LogP contribution in [0, 0.1) is 0 Å². The Bertz CT molecular complexity index is 396. The van der Waals surface area contributed by atoms with E-state index in [0.717, 1.165) is 6.29 Å². The standard InChI is InChI=1S/C16H30N2O5/c1-15(2,3)22-13(20)17-10-7-8-12(9-11-19)18-14(21)23-16(4,5)6/h11-12H,7-10H2,1-6H3,(H,17,20)(H,18,21)/t12-/m1/s1. The van der Waals surface area contributed by atoms with Crippen LogP contribution in [0.25, 0.3) is 0 Å². The van der Waals surface area contributed by atoms with Crippen molar-refractivity contribution in [2.45, 2.75) is 78.0 Å². The molecular formula is C16H30N2O5. The summed E-state index contributed by atoms with van der Waals surface area (Å²) in [6, 6.07) is -0.317. The molecule has 0 saturated heterocycles. The number of hydrogen-bond acceptors (Lipinski definition) is 5. The van der Waals surface area contributed by atoms with Crippen LogP contribution in [-0.4, -0.2) is 42.3 Å². The summed E-state index contributed by atoms with van der Waals surface area (Å²) in [7, 11) is 0. The van der Waals surface area contributed by atoms with E-state index in [1.807, 2.05) is 0 Å². The summed E-state index contributed by atoms with van der Waals surface area (Å²) in [6.07, 6.45) is 1.07. The third kappa shape index (κ3) is 13.6. The van der Waals surface area contributed by atoms with Crippen LogP contribution in [0.4, 0.5) is 9.59 Å².